The largest absolute Gasteiger partial charge is 0.370 e. The van der Waals surface area contributed by atoms with Crippen molar-refractivity contribution < 1.29 is 0 Å². The van der Waals surface area contributed by atoms with Crippen molar-refractivity contribution in [1.29, 1.82) is 0 Å². The van der Waals surface area contributed by atoms with E-state index >= 15 is 0 Å². The van der Waals surface area contributed by atoms with Gasteiger partial charge in [0.15, 0.2) is 0 Å². The van der Waals surface area contributed by atoms with E-state index in [-0.39, 0.29) is 11.5 Å². The Bertz CT molecular complexity index is 993. The number of H-pyrrole nitrogens is 1. The van der Waals surface area contributed by atoms with E-state index in [4.69, 9.17) is 15.7 Å². The van der Waals surface area contributed by atoms with E-state index in [2.05, 4.69) is 32.7 Å². The lowest BCUT2D eigenvalue weighted by Crippen LogP contribution is -2.53. The lowest BCUT2D eigenvalue weighted by molar-refractivity contribution is 0.286. The number of rotatable bonds is 2. The van der Waals surface area contributed by atoms with E-state index in [0.29, 0.717) is 5.65 Å². The van der Waals surface area contributed by atoms with Crippen LogP contribution in [0.4, 0.5) is 5.82 Å². The first-order valence-corrected chi connectivity index (χ1v) is 9.56. The number of aromatic amines is 1. The normalized spacial score (nSPS) is 25.2. The molecule has 3 aromatic heterocycles. The Morgan fingerprint density at radius 1 is 1.26 bits per heavy atom. The van der Waals surface area contributed by atoms with Crippen molar-refractivity contribution in [2.24, 2.45) is 5.73 Å². The Balaban J connectivity index is 1.57. The smallest absolute Gasteiger partial charge is 0.200 e. The first kappa shape index (κ1) is 16.6. The molecule has 0 aliphatic carbocycles. The molecule has 0 amide bonds. The van der Waals surface area contributed by atoms with Gasteiger partial charge in [0.25, 0.3) is 0 Å². The summed E-state index contributed by atoms with van der Waals surface area (Å²) < 4.78 is 0. The van der Waals surface area contributed by atoms with Gasteiger partial charge in [-0.3, -0.25) is 5.10 Å². The van der Waals surface area contributed by atoms with Crippen LogP contribution in [0.1, 0.15) is 36.9 Å². The summed E-state index contributed by atoms with van der Waals surface area (Å²) in [5.41, 5.74) is 11.8. The Labute approximate surface area is 157 Å². The number of hydrogen-bond acceptors (Lipinski definition) is 7. The molecule has 2 unspecified atom stereocenters. The molecule has 27 heavy (non-hydrogen) atoms. The summed E-state index contributed by atoms with van der Waals surface area (Å²) in [6, 6.07) is 2.02. The van der Waals surface area contributed by atoms with E-state index in [1.54, 1.807) is 0 Å². The van der Waals surface area contributed by atoms with Gasteiger partial charge in [-0.25, -0.2) is 15.0 Å². The average molecular weight is 364 g/mol. The number of aromatic nitrogens is 5. The van der Waals surface area contributed by atoms with Gasteiger partial charge in [-0.1, -0.05) is 0 Å². The van der Waals surface area contributed by atoms with Crippen molar-refractivity contribution in [1.82, 2.24) is 30.5 Å². The molecule has 8 heteroatoms. The number of nitrogens with two attached hydrogens (primary N) is 1. The zero-order valence-corrected chi connectivity index (χ0v) is 15.4. The maximum atomic E-state index is 6.52. The highest BCUT2D eigenvalue weighted by Gasteiger charge is 2.35. The third-order valence-electron chi connectivity index (χ3n) is 5.85. The highest BCUT2D eigenvalue weighted by Crippen LogP contribution is 2.34. The van der Waals surface area contributed by atoms with Crippen LogP contribution in [0.5, 0.6) is 0 Å². The Morgan fingerprint density at radius 3 is 3.07 bits per heavy atom. The first-order chi connectivity index (χ1) is 13.1. The molecule has 1 saturated heterocycles. The van der Waals surface area contributed by atoms with E-state index in [9.17, 15) is 0 Å². The van der Waals surface area contributed by atoms with Gasteiger partial charge in [-0.05, 0) is 38.8 Å². The summed E-state index contributed by atoms with van der Waals surface area (Å²) in [6.07, 6.45) is 6.69. The van der Waals surface area contributed by atoms with Crippen molar-refractivity contribution in [3.05, 3.63) is 29.7 Å². The fraction of sp³-hybridized carbons (Fsp3) is 0.474. The Kier molecular flexibility index (Phi) is 3.84. The van der Waals surface area contributed by atoms with E-state index in [1.807, 2.05) is 18.5 Å². The Morgan fingerprint density at radius 2 is 2.19 bits per heavy atom. The summed E-state index contributed by atoms with van der Waals surface area (Å²) in [7, 11) is 0. The lowest BCUT2D eigenvalue weighted by atomic mass is 9.79. The summed E-state index contributed by atoms with van der Waals surface area (Å²) in [6.45, 7) is 4.81. The van der Waals surface area contributed by atoms with Crippen LogP contribution in [0.25, 0.3) is 22.4 Å². The highest BCUT2D eigenvalue weighted by atomic mass is 15.2. The molecular weight excluding hydrogens is 340 g/mol. The molecule has 2 aliphatic rings. The molecule has 5 N–H and O–H groups in total. The minimum atomic E-state index is -0.289. The predicted octanol–water partition coefficient (Wildman–Crippen LogP) is 1.57. The van der Waals surface area contributed by atoms with Crippen LogP contribution in [-0.4, -0.2) is 50.3 Å². The fourth-order valence-electron chi connectivity index (χ4n) is 4.22. The zero-order chi connectivity index (χ0) is 18.4. The number of pyridine rings is 1. The molecule has 2 aliphatic heterocycles. The van der Waals surface area contributed by atoms with Crippen LogP contribution in [0, 0.1) is 0 Å². The van der Waals surface area contributed by atoms with Crippen molar-refractivity contribution in [3.63, 3.8) is 0 Å². The highest BCUT2D eigenvalue weighted by molar-refractivity contribution is 5.89. The molecule has 8 nitrogen and oxygen atoms in total. The molecule has 0 spiro atoms. The fourth-order valence-corrected chi connectivity index (χ4v) is 4.22. The van der Waals surface area contributed by atoms with E-state index in [1.165, 1.54) is 5.56 Å². The molecule has 140 valence electrons. The van der Waals surface area contributed by atoms with Crippen molar-refractivity contribution >= 4 is 17.0 Å². The number of piperidine rings is 1. The van der Waals surface area contributed by atoms with Crippen LogP contribution in [-0.2, 0) is 6.42 Å². The van der Waals surface area contributed by atoms with Gasteiger partial charge >= 0.3 is 0 Å². The van der Waals surface area contributed by atoms with Gasteiger partial charge in [0.2, 0.25) is 5.65 Å². The number of nitrogens with one attached hydrogen (secondary N) is 3. The monoisotopic (exact) mass is 364 g/mol. The topological polar surface area (TPSA) is 117 Å². The number of hydrogen-bond donors (Lipinski definition) is 4. The number of nitrogens with zero attached hydrogens (tertiary/aromatic N) is 4. The Hall–Kier alpha value is -2.58. The lowest BCUT2D eigenvalue weighted by Gasteiger charge is -2.38. The van der Waals surface area contributed by atoms with Crippen LogP contribution >= 0.6 is 0 Å². The van der Waals surface area contributed by atoms with Gasteiger partial charge in [-0.15, -0.1) is 0 Å². The first-order valence-electron chi connectivity index (χ1n) is 9.56. The molecule has 1 fully saturated rings. The summed E-state index contributed by atoms with van der Waals surface area (Å²) in [4.78, 5) is 14.0. The van der Waals surface area contributed by atoms with Gasteiger partial charge in [-0.2, -0.15) is 5.10 Å². The SMILES string of the molecule is CC1(N)CCNCC1c1cnc2c(-c3ccnc4c3CCCN4)[nH]nc2n1. The van der Waals surface area contributed by atoms with Gasteiger partial charge in [0.05, 0.1) is 11.4 Å². The van der Waals surface area contributed by atoms with Crippen molar-refractivity contribution in [2.45, 2.75) is 37.6 Å². The third-order valence-corrected chi connectivity index (χ3v) is 5.85. The van der Waals surface area contributed by atoms with Crippen molar-refractivity contribution in [2.75, 3.05) is 25.0 Å². The second kappa shape index (κ2) is 6.24. The van der Waals surface area contributed by atoms with Crippen LogP contribution in [0.3, 0.4) is 0 Å². The molecule has 0 aromatic carbocycles. The third kappa shape index (κ3) is 2.76. The van der Waals surface area contributed by atoms with Crippen LogP contribution in [0.2, 0.25) is 0 Å². The van der Waals surface area contributed by atoms with E-state index in [0.717, 1.165) is 67.2 Å². The molecule has 5 heterocycles. The predicted molar refractivity (Wildman–Crippen MR) is 105 cm³/mol. The van der Waals surface area contributed by atoms with Gasteiger partial charge in [0, 0.05) is 48.1 Å². The minimum absolute atomic E-state index is 0.126. The molecule has 0 radical (unpaired) electrons. The van der Waals surface area contributed by atoms with Gasteiger partial charge in [0.1, 0.15) is 11.3 Å². The minimum Gasteiger partial charge on any atom is -0.370 e. The molecule has 0 saturated carbocycles. The molecule has 3 aromatic rings. The van der Waals surface area contributed by atoms with Crippen LogP contribution < -0.4 is 16.4 Å². The summed E-state index contributed by atoms with van der Waals surface area (Å²) in [5.74, 6) is 1.08. The maximum absolute atomic E-state index is 6.52. The second-order valence-corrected chi connectivity index (χ2v) is 7.79. The zero-order valence-electron chi connectivity index (χ0n) is 15.4. The number of fused-ring (bicyclic) bond motifs is 2. The molecular formula is C19H24N8. The van der Waals surface area contributed by atoms with Crippen molar-refractivity contribution in [3.8, 4) is 11.3 Å². The quantitative estimate of drug-likeness (QED) is 0.545. The molecule has 2 atom stereocenters. The summed E-state index contributed by atoms with van der Waals surface area (Å²) in [5, 5.41) is 14.4. The second-order valence-electron chi connectivity index (χ2n) is 7.79. The summed E-state index contributed by atoms with van der Waals surface area (Å²) >= 11 is 0. The molecule has 0 bridgehead atoms. The maximum Gasteiger partial charge on any atom is 0.200 e. The van der Waals surface area contributed by atoms with Crippen LogP contribution in [0.15, 0.2) is 18.5 Å². The van der Waals surface area contributed by atoms with Gasteiger partial charge < -0.3 is 16.4 Å². The molecule has 5 rings (SSSR count). The number of anilines is 1. The standard InChI is InChI=1S/C19H24N8/c1-19(20)5-8-21-9-13(19)14-10-24-16-15(26-27-18(16)25-14)11-4-7-23-17-12(11)3-2-6-22-17/h4,7,10,13,21H,2-3,5-6,8-9,20H2,1H3,(H,22,23)(H,25,26,27). The van der Waals surface area contributed by atoms with E-state index < -0.39 is 0 Å². The average Bonchev–Trinajstić information content (AvgIpc) is 3.10.